The predicted molar refractivity (Wildman–Crippen MR) is 77.9 cm³/mol. The SMILES string of the molecule is C[n+]1cc2sc3cccc(F)c3c2c2cccc(F)c21. The van der Waals surface area contributed by atoms with E-state index in [1.54, 1.807) is 16.7 Å². The van der Waals surface area contributed by atoms with E-state index in [0.717, 1.165) is 20.2 Å². The molecule has 4 aromatic rings. The average Bonchev–Trinajstić information content (AvgIpc) is 2.78. The maximum atomic E-state index is 14.2. The Labute approximate surface area is 117 Å². The van der Waals surface area contributed by atoms with Gasteiger partial charge in [-0.15, -0.1) is 11.3 Å². The van der Waals surface area contributed by atoms with E-state index in [9.17, 15) is 8.78 Å². The van der Waals surface area contributed by atoms with E-state index in [1.807, 2.05) is 25.4 Å². The highest BCUT2D eigenvalue weighted by atomic mass is 32.1. The number of pyridine rings is 1. The fraction of sp³-hybridized carbons (Fsp3) is 0.0625. The summed E-state index contributed by atoms with van der Waals surface area (Å²) in [6, 6.07) is 10.00. The van der Waals surface area contributed by atoms with Gasteiger partial charge in [0.15, 0.2) is 12.0 Å². The van der Waals surface area contributed by atoms with E-state index in [-0.39, 0.29) is 11.6 Å². The van der Waals surface area contributed by atoms with Gasteiger partial charge in [0.2, 0.25) is 5.52 Å². The van der Waals surface area contributed by atoms with Crippen LogP contribution in [0.4, 0.5) is 8.78 Å². The maximum Gasteiger partial charge on any atom is 0.249 e. The largest absolute Gasteiger partial charge is 0.249 e. The minimum absolute atomic E-state index is 0.256. The second-order valence-corrected chi connectivity index (χ2v) is 5.91. The van der Waals surface area contributed by atoms with Crippen LogP contribution in [0.3, 0.4) is 0 Å². The first-order chi connectivity index (χ1) is 9.66. The van der Waals surface area contributed by atoms with Crippen molar-refractivity contribution in [2.75, 3.05) is 0 Å². The smallest absolute Gasteiger partial charge is 0.206 e. The Morgan fingerprint density at radius 1 is 0.900 bits per heavy atom. The van der Waals surface area contributed by atoms with Gasteiger partial charge in [0.25, 0.3) is 0 Å². The van der Waals surface area contributed by atoms with Gasteiger partial charge < -0.3 is 0 Å². The molecule has 0 fully saturated rings. The summed E-state index contributed by atoms with van der Waals surface area (Å²) in [5, 5.41) is 2.14. The molecule has 4 rings (SSSR count). The van der Waals surface area contributed by atoms with E-state index in [0.29, 0.717) is 10.9 Å². The second kappa shape index (κ2) is 3.96. The molecule has 2 aromatic carbocycles. The van der Waals surface area contributed by atoms with Crippen LogP contribution in [0.25, 0.3) is 31.1 Å². The lowest BCUT2D eigenvalue weighted by Crippen LogP contribution is -2.29. The molecule has 0 bridgehead atoms. The Hall–Kier alpha value is -2.07. The molecule has 0 radical (unpaired) electrons. The summed E-state index contributed by atoms with van der Waals surface area (Å²) in [6.07, 6.45) is 1.87. The molecule has 0 saturated carbocycles. The number of benzene rings is 2. The van der Waals surface area contributed by atoms with Gasteiger partial charge in [-0.3, -0.25) is 0 Å². The molecule has 0 aliphatic carbocycles. The summed E-state index contributed by atoms with van der Waals surface area (Å²) >= 11 is 1.53. The molecule has 0 aliphatic rings. The van der Waals surface area contributed by atoms with Crippen LogP contribution in [0, 0.1) is 11.6 Å². The molecule has 2 aromatic heterocycles. The van der Waals surface area contributed by atoms with Crippen molar-refractivity contribution in [3.8, 4) is 0 Å². The van der Waals surface area contributed by atoms with Crippen LogP contribution in [-0.4, -0.2) is 0 Å². The van der Waals surface area contributed by atoms with Crippen LogP contribution < -0.4 is 4.57 Å². The molecule has 0 atom stereocenters. The van der Waals surface area contributed by atoms with E-state index in [2.05, 4.69) is 0 Å². The van der Waals surface area contributed by atoms with Gasteiger partial charge in [-0.25, -0.2) is 4.39 Å². The van der Waals surface area contributed by atoms with E-state index < -0.39 is 0 Å². The molecule has 0 unspecified atom stereocenters. The lowest BCUT2D eigenvalue weighted by molar-refractivity contribution is -0.644. The average molecular weight is 286 g/mol. The lowest BCUT2D eigenvalue weighted by Gasteiger charge is -2.01. The summed E-state index contributed by atoms with van der Waals surface area (Å²) in [7, 11) is 1.81. The van der Waals surface area contributed by atoms with Gasteiger partial charge in [-0.2, -0.15) is 8.96 Å². The van der Waals surface area contributed by atoms with Crippen molar-refractivity contribution < 1.29 is 13.3 Å². The van der Waals surface area contributed by atoms with Crippen LogP contribution in [0.15, 0.2) is 42.6 Å². The fourth-order valence-electron chi connectivity index (χ4n) is 2.80. The number of para-hydroxylation sites is 1. The zero-order chi connectivity index (χ0) is 13.9. The Bertz CT molecular complexity index is 988. The van der Waals surface area contributed by atoms with Gasteiger partial charge in [-0.05, 0) is 24.3 Å². The number of rotatable bonds is 0. The summed E-state index contributed by atoms with van der Waals surface area (Å²) < 4.78 is 31.9. The Balaban J connectivity index is 2.41. The van der Waals surface area contributed by atoms with E-state index >= 15 is 0 Å². The quantitative estimate of drug-likeness (QED) is 0.424. The van der Waals surface area contributed by atoms with Crippen molar-refractivity contribution in [3.05, 3.63) is 54.2 Å². The summed E-state index contributed by atoms with van der Waals surface area (Å²) in [5.74, 6) is -0.546. The molecule has 98 valence electrons. The van der Waals surface area contributed by atoms with Gasteiger partial charge in [-0.1, -0.05) is 12.1 Å². The molecule has 0 saturated heterocycles. The highest BCUT2D eigenvalue weighted by Crippen LogP contribution is 2.38. The van der Waals surface area contributed by atoms with Crippen LogP contribution in [0.2, 0.25) is 0 Å². The number of fused-ring (bicyclic) bond motifs is 5. The third-order valence-corrected chi connectivity index (χ3v) is 4.70. The van der Waals surface area contributed by atoms with Crippen molar-refractivity contribution in [2.24, 2.45) is 7.05 Å². The Kier molecular flexibility index (Phi) is 2.32. The molecule has 0 amide bonds. The molecule has 0 aliphatic heterocycles. The van der Waals surface area contributed by atoms with Crippen LogP contribution in [0.1, 0.15) is 0 Å². The second-order valence-electron chi connectivity index (χ2n) is 4.83. The number of thiophene rings is 1. The van der Waals surface area contributed by atoms with Crippen LogP contribution in [-0.2, 0) is 7.05 Å². The zero-order valence-corrected chi connectivity index (χ0v) is 11.5. The topological polar surface area (TPSA) is 3.88 Å². The Morgan fingerprint density at radius 3 is 2.50 bits per heavy atom. The molecular formula is C16H10F2NS+. The van der Waals surface area contributed by atoms with Crippen molar-refractivity contribution in [3.63, 3.8) is 0 Å². The van der Waals surface area contributed by atoms with Gasteiger partial charge >= 0.3 is 0 Å². The minimum Gasteiger partial charge on any atom is -0.206 e. The number of halogens is 2. The number of nitrogens with zero attached hydrogens (tertiary/aromatic N) is 1. The van der Waals surface area contributed by atoms with Crippen molar-refractivity contribution in [1.82, 2.24) is 0 Å². The molecule has 1 nitrogen and oxygen atoms in total. The molecule has 4 heteroatoms. The van der Waals surface area contributed by atoms with E-state index in [1.165, 1.54) is 23.5 Å². The molecule has 20 heavy (non-hydrogen) atoms. The van der Waals surface area contributed by atoms with Crippen molar-refractivity contribution >= 4 is 42.4 Å². The summed E-state index contributed by atoms with van der Waals surface area (Å²) in [5.41, 5.74) is 0.503. The first-order valence-corrected chi connectivity index (χ1v) is 7.06. The van der Waals surface area contributed by atoms with Crippen molar-refractivity contribution in [2.45, 2.75) is 0 Å². The van der Waals surface area contributed by atoms with Gasteiger partial charge in [0, 0.05) is 15.5 Å². The predicted octanol–water partition coefficient (Wildman–Crippen LogP) is 4.31. The lowest BCUT2D eigenvalue weighted by atomic mass is 10.1. The summed E-state index contributed by atoms with van der Waals surface area (Å²) in [4.78, 5) is 0. The maximum absolute atomic E-state index is 14.2. The van der Waals surface area contributed by atoms with Crippen molar-refractivity contribution in [1.29, 1.82) is 0 Å². The fourth-order valence-corrected chi connectivity index (χ4v) is 4.01. The van der Waals surface area contributed by atoms with E-state index in [4.69, 9.17) is 0 Å². The van der Waals surface area contributed by atoms with Crippen LogP contribution >= 0.6 is 11.3 Å². The highest BCUT2D eigenvalue weighted by Gasteiger charge is 2.19. The molecule has 0 N–H and O–H groups in total. The van der Waals surface area contributed by atoms with Crippen LogP contribution in [0.5, 0.6) is 0 Å². The highest BCUT2D eigenvalue weighted by molar-refractivity contribution is 7.26. The normalized spacial score (nSPS) is 11.8. The Morgan fingerprint density at radius 2 is 1.65 bits per heavy atom. The standard InChI is InChI=1S/C16H10F2NS/c1-19-8-13-14(9-4-2-6-11(18)16(9)19)15-10(17)5-3-7-12(15)20-13/h2-8H,1H3/q+1. The number of aromatic nitrogens is 1. The minimum atomic E-state index is -0.289. The van der Waals surface area contributed by atoms with Gasteiger partial charge in [0.1, 0.15) is 17.6 Å². The summed E-state index contributed by atoms with van der Waals surface area (Å²) in [6.45, 7) is 0. The third-order valence-electron chi connectivity index (χ3n) is 3.61. The monoisotopic (exact) mass is 286 g/mol. The molecule has 2 heterocycles. The number of aryl methyl sites for hydroxylation is 1. The molecule has 0 spiro atoms. The first-order valence-electron chi connectivity index (χ1n) is 6.24. The van der Waals surface area contributed by atoms with Gasteiger partial charge in [0.05, 0.1) is 5.39 Å². The third kappa shape index (κ3) is 1.42. The molecular weight excluding hydrogens is 276 g/mol. The number of hydrogen-bond acceptors (Lipinski definition) is 1. The first kappa shape index (κ1) is 11.7. The zero-order valence-electron chi connectivity index (χ0n) is 10.7. The number of hydrogen-bond donors (Lipinski definition) is 0.